The van der Waals surface area contributed by atoms with Crippen molar-refractivity contribution in [1.82, 2.24) is 14.8 Å². The molecule has 2 heterocycles. The lowest BCUT2D eigenvalue weighted by atomic mass is 10.1. The molecule has 0 radical (unpaired) electrons. The highest BCUT2D eigenvalue weighted by Gasteiger charge is 2.15. The first kappa shape index (κ1) is 18.4. The van der Waals surface area contributed by atoms with Gasteiger partial charge in [0.25, 0.3) is 5.91 Å². The van der Waals surface area contributed by atoms with Crippen LogP contribution in [0.2, 0.25) is 0 Å². The SMILES string of the molecule is Cc1cc(NC(=O)c2cccc(Br)c2)n(-c2cc(C)c3cccc(C)c3n2)n1. The number of aromatic nitrogens is 3. The second kappa shape index (κ2) is 7.20. The van der Waals surface area contributed by atoms with E-state index in [1.807, 2.05) is 50.2 Å². The van der Waals surface area contributed by atoms with Crippen LogP contribution in [-0.4, -0.2) is 20.7 Å². The highest BCUT2D eigenvalue weighted by atomic mass is 79.9. The molecule has 1 N–H and O–H groups in total. The third kappa shape index (κ3) is 3.43. The molecule has 0 unspecified atom stereocenters. The number of para-hydroxylation sites is 1. The van der Waals surface area contributed by atoms with Crippen LogP contribution in [0.5, 0.6) is 0 Å². The van der Waals surface area contributed by atoms with Gasteiger partial charge in [-0.2, -0.15) is 9.78 Å². The number of carbonyl (C=O) groups is 1. The van der Waals surface area contributed by atoms with Crippen molar-refractivity contribution in [2.24, 2.45) is 0 Å². The van der Waals surface area contributed by atoms with Crippen LogP contribution in [0.15, 0.2) is 59.1 Å². The molecule has 4 aromatic rings. The molecule has 5 nitrogen and oxygen atoms in total. The number of halogens is 1. The average Bonchev–Trinajstić information content (AvgIpc) is 3.02. The first-order chi connectivity index (χ1) is 13.4. The van der Waals surface area contributed by atoms with Crippen molar-refractivity contribution < 1.29 is 4.79 Å². The van der Waals surface area contributed by atoms with Crippen LogP contribution in [0.3, 0.4) is 0 Å². The first-order valence-corrected chi connectivity index (χ1v) is 9.72. The van der Waals surface area contributed by atoms with E-state index in [1.165, 1.54) is 0 Å². The fourth-order valence-corrected chi connectivity index (χ4v) is 3.63. The van der Waals surface area contributed by atoms with Crippen molar-refractivity contribution in [3.8, 4) is 5.82 Å². The molecule has 4 rings (SSSR count). The Morgan fingerprint density at radius 1 is 1.00 bits per heavy atom. The van der Waals surface area contributed by atoms with Crippen LogP contribution in [0, 0.1) is 20.8 Å². The van der Waals surface area contributed by atoms with E-state index in [-0.39, 0.29) is 5.91 Å². The quantitative estimate of drug-likeness (QED) is 0.471. The minimum absolute atomic E-state index is 0.198. The molecule has 6 heteroatoms. The third-order valence-electron chi connectivity index (χ3n) is 4.61. The van der Waals surface area contributed by atoms with Crippen LogP contribution in [-0.2, 0) is 0 Å². The fraction of sp³-hybridized carbons (Fsp3) is 0.136. The Kier molecular flexibility index (Phi) is 4.73. The summed E-state index contributed by atoms with van der Waals surface area (Å²) >= 11 is 3.40. The highest BCUT2D eigenvalue weighted by molar-refractivity contribution is 9.10. The molecule has 0 saturated heterocycles. The van der Waals surface area contributed by atoms with Gasteiger partial charge in [0.1, 0.15) is 5.82 Å². The molecular formula is C22H19BrN4O. The number of hydrogen-bond acceptors (Lipinski definition) is 3. The Bertz CT molecular complexity index is 1210. The summed E-state index contributed by atoms with van der Waals surface area (Å²) in [6, 6.07) is 17.3. The van der Waals surface area contributed by atoms with Crippen LogP contribution < -0.4 is 5.32 Å². The van der Waals surface area contributed by atoms with E-state index in [0.29, 0.717) is 17.2 Å². The third-order valence-corrected chi connectivity index (χ3v) is 5.10. The minimum atomic E-state index is -0.198. The maximum atomic E-state index is 12.7. The molecule has 0 bridgehead atoms. The van der Waals surface area contributed by atoms with Crippen LogP contribution in [0.25, 0.3) is 16.7 Å². The molecule has 0 fully saturated rings. The maximum Gasteiger partial charge on any atom is 0.256 e. The van der Waals surface area contributed by atoms with Crippen LogP contribution >= 0.6 is 15.9 Å². The Labute approximate surface area is 171 Å². The normalized spacial score (nSPS) is 11.0. The molecule has 0 aliphatic rings. The summed E-state index contributed by atoms with van der Waals surface area (Å²) in [7, 11) is 0. The lowest BCUT2D eigenvalue weighted by Gasteiger charge is -2.12. The van der Waals surface area contributed by atoms with E-state index in [2.05, 4.69) is 39.3 Å². The van der Waals surface area contributed by atoms with Crippen molar-refractivity contribution in [1.29, 1.82) is 0 Å². The number of hydrogen-bond donors (Lipinski definition) is 1. The molecule has 0 spiro atoms. The number of nitrogens with zero attached hydrogens (tertiary/aromatic N) is 3. The largest absolute Gasteiger partial charge is 0.306 e. The zero-order valence-electron chi connectivity index (χ0n) is 15.8. The summed E-state index contributed by atoms with van der Waals surface area (Å²) in [6.45, 7) is 6.00. The smallest absolute Gasteiger partial charge is 0.256 e. The van der Waals surface area contributed by atoms with Crippen molar-refractivity contribution in [3.63, 3.8) is 0 Å². The monoisotopic (exact) mass is 434 g/mol. The summed E-state index contributed by atoms with van der Waals surface area (Å²) in [5, 5.41) is 8.63. The highest BCUT2D eigenvalue weighted by Crippen LogP contribution is 2.25. The molecule has 0 saturated carbocycles. The molecule has 0 aliphatic heterocycles. The number of fused-ring (bicyclic) bond motifs is 1. The van der Waals surface area contributed by atoms with Gasteiger partial charge in [0.05, 0.1) is 11.2 Å². The number of pyridine rings is 1. The van der Waals surface area contributed by atoms with Gasteiger partial charge in [0, 0.05) is 21.5 Å². The molecule has 1 amide bonds. The number of rotatable bonds is 3. The van der Waals surface area contributed by atoms with Crippen molar-refractivity contribution in [2.45, 2.75) is 20.8 Å². The van der Waals surface area contributed by atoms with Gasteiger partial charge in [0.2, 0.25) is 0 Å². The molecular weight excluding hydrogens is 416 g/mol. The molecule has 2 aromatic carbocycles. The van der Waals surface area contributed by atoms with Gasteiger partial charge in [-0.1, -0.05) is 40.2 Å². The van der Waals surface area contributed by atoms with Gasteiger partial charge in [-0.15, -0.1) is 0 Å². The average molecular weight is 435 g/mol. The Morgan fingerprint density at radius 2 is 1.79 bits per heavy atom. The Hall–Kier alpha value is -2.99. The van der Waals surface area contributed by atoms with Gasteiger partial charge < -0.3 is 5.32 Å². The zero-order valence-corrected chi connectivity index (χ0v) is 17.4. The number of amides is 1. The van der Waals surface area contributed by atoms with E-state index < -0.39 is 0 Å². The van der Waals surface area contributed by atoms with E-state index in [4.69, 9.17) is 4.98 Å². The van der Waals surface area contributed by atoms with E-state index in [0.717, 1.165) is 32.2 Å². The van der Waals surface area contributed by atoms with Crippen molar-refractivity contribution >= 4 is 38.6 Å². The molecule has 0 aliphatic carbocycles. The summed E-state index contributed by atoms with van der Waals surface area (Å²) in [6.07, 6.45) is 0. The molecule has 140 valence electrons. The number of nitrogens with one attached hydrogen (secondary N) is 1. The number of carbonyl (C=O) groups excluding carboxylic acids is 1. The van der Waals surface area contributed by atoms with Crippen molar-refractivity contribution in [3.05, 3.63) is 81.5 Å². The Morgan fingerprint density at radius 3 is 2.57 bits per heavy atom. The van der Waals surface area contributed by atoms with E-state index in [1.54, 1.807) is 16.8 Å². The van der Waals surface area contributed by atoms with Gasteiger partial charge in [-0.25, -0.2) is 4.98 Å². The first-order valence-electron chi connectivity index (χ1n) is 8.93. The Balaban J connectivity index is 1.77. The topological polar surface area (TPSA) is 59.8 Å². The standard InChI is InChI=1S/C22H19BrN4O/c1-13-6-4-9-18-14(2)10-19(24-21(13)18)27-20(11-15(3)26-27)25-22(28)16-7-5-8-17(23)12-16/h4-12H,1-3H3,(H,25,28). The maximum absolute atomic E-state index is 12.7. The predicted octanol–water partition coefficient (Wildman–Crippen LogP) is 5.36. The van der Waals surface area contributed by atoms with Gasteiger partial charge in [-0.05, 0) is 56.2 Å². The van der Waals surface area contributed by atoms with Gasteiger partial charge in [-0.3, -0.25) is 4.79 Å². The molecule has 0 atom stereocenters. The van der Waals surface area contributed by atoms with E-state index >= 15 is 0 Å². The lowest BCUT2D eigenvalue weighted by molar-refractivity contribution is 0.102. The summed E-state index contributed by atoms with van der Waals surface area (Å²) < 4.78 is 2.54. The minimum Gasteiger partial charge on any atom is -0.306 e. The molecule has 28 heavy (non-hydrogen) atoms. The molecule has 2 aromatic heterocycles. The van der Waals surface area contributed by atoms with Crippen molar-refractivity contribution in [2.75, 3.05) is 5.32 Å². The number of aryl methyl sites for hydroxylation is 3. The second-order valence-electron chi connectivity index (χ2n) is 6.82. The van der Waals surface area contributed by atoms with Gasteiger partial charge in [0.15, 0.2) is 5.82 Å². The number of anilines is 1. The summed E-state index contributed by atoms with van der Waals surface area (Å²) in [5.74, 6) is 1.07. The number of benzene rings is 2. The van der Waals surface area contributed by atoms with Gasteiger partial charge >= 0.3 is 0 Å². The van der Waals surface area contributed by atoms with E-state index in [9.17, 15) is 4.79 Å². The predicted molar refractivity (Wildman–Crippen MR) is 115 cm³/mol. The second-order valence-corrected chi connectivity index (χ2v) is 7.73. The fourth-order valence-electron chi connectivity index (χ4n) is 3.23. The summed E-state index contributed by atoms with van der Waals surface area (Å²) in [5.41, 5.74) is 4.52. The van der Waals surface area contributed by atoms with Crippen LogP contribution in [0.4, 0.5) is 5.82 Å². The summed E-state index contributed by atoms with van der Waals surface area (Å²) in [4.78, 5) is 17.5. The zero-order chi connectivity index (χ0) is 19.8. The van der Waals surface area contributed by atoms with Crippen LogP contribution in [0.1, 0.15) is 27.2 Å². The lowest BCUT2D eigenvalue weighted by Crippen LogP contribution is -2.15.